The van der Waals surface area contributed by atoms with Crippen molar-refractivity contribution in [2.24, 2.45) is 0 Å². The van der Waals surface area contributed by atoms with E-state index in [-0.39, 0.29) is 18.5 Å². The maximum Gasteiger partial charge on any atom is 0.128 e. The lowest BCUT2D eigenvalue weighted by Crippen LogP contribution is -2.46. The number of aliphatic hydroxyl groups is 1. The first-order chi connectivity index (χ1) is 8.22. The molecule has 1 aromatic rings. The molecule has 0 bridgehead atoms. The van der Waals surface area contributed by atoms with Gasteiger partial charge in [-0.15, -0.1) is 0 Å². The molecule has 0 spiro atoms. The number of hydrogen-bond donors (Lipinski definition) is 2. The van der Waals surface area contributed by atoms with Crippen molar-refractivity contribution in [3.63, 3.8) is 0 Å². The quantitative estimate of drug-likeness (QED) is 0.889. The van der Waals surface area contributed by atoms with E-state index in [1.54, 1.807) is 12.1 Å². The van der Waals surface area contributed by atoms with Gasteiger partial charge in [0.15, 0.2) is 0 Å². The first-order valence-corrected chi connectivity index (χ1v) is 6.52. The molecule has 1 atom stereocenters. The molecule has 2 N–H and O–H groups in total. The van der Waals surface area contributed by atoms with Crippen molar-refractivity contribution in [3.05, 3.63) is 34.1 Å². The maximum atomic E-state index is 13.8. The van der Waals surface area contributed by atoms with Crippen LogP contribution < -0.4 is 5.32 Å². The van der Waals surface area contributed by atoms with Crippen molar-refractivity contribution in [2.75, 3.05) is 32.8 Å². The predicted octanol–water partition coefficient (Wildman–Crippen LogP) is 1.53. The standard InChI is InChI=1S/C12H16BrFN2O/c13-9-1-2-11(14)10(7-9)12(8-17)16-5-3-15-4-6-16/h1-2,7,12,15,17H,3-6,8H2/t12-/m1/s1. The van der Waals surface area contributed by atoms with Crippen LogP contribution >= 0.6 is 15.9 Å². The summed E-state index contributed by atoms with van der Waals surface area (Å²) in [4.78, 5) is 2.11. The summed E-state index contributed by atoms with van der Waals surface area (Å²) in [7, 11) is 0. The highest BCUT2D eigenvalue weighted by Gasteiger charge is 2.23. The fourth-order valence-electron chi connectivity index (χ4n) is 2.17. The summed E-state index contributed by atoms with van der Waals surface area (Å²) < 4.78 is 14.6. The van der Waals surface area contributed by atoms with E-state index < -0.39 is 0 Å². The molecule has 0 saturated carbocycles. The topological polar surface area (TPSA) is 35.5 Å². The van der Waals surface area contributed by atoms with Gasteiger partial charge in [0.05, 0.1) is 12.6 Å². The summed E-state index contributed by atoms with van der Waals surface area (Å²) in [5.74, 6) is -0.259. The molecule has 2 rings (SSSR count). The first kappa shape index (κ1) is 13.0. The summed E-state index contributed by atoms with van der Waals surface area (Å²) in [6, 6.07) is 4.60. The van der Waals surface area contributed by atoms with Crippen LogP contribution in [0.4, 0.5) is 4.39 Å². The average molecular weight is 303 g/mol. The van der Waals surface area contributed by atoms with E-state index in [0.29, 0.717) is 5.56 Å². The minimum absolute atomic E-state index is 0.0621. The smallest absolute Gasteiger partial charge is 0.128 e. The molecular weight excluding hydrogens is 287 g/mol. The number of piperazine rings is 1. The van der Waals surface area contributed by atoms with Crippen LogP contribution in [0.1, 0.15) is 11.6 Å². The van der Waals surface area contributed by atoms with Crippen molar-refractivity contribution in [1.29, 1.82) is 0 Å². The van der Waals surface area contributed by atoms with Gasteiger partial charge in [0.2, 0.25) is 0 Å². The minimum Gasteiger partial charge on any atom is -0.394 e. The normalized spacial score (nSPS) is 19.2. The molecule has 1 heterocycles. The number of hydrogen-bond acceptors (Lipinski definition) is 3. The zero-order valence-electron chi connectivity index (χ0n) is 9.50. The molecule has 5 heteroatoms. The summed E-state index contributed by atoms with van der Waals surface area (Å²) >= 11 is 3.34. The van der Waals surface area contributed by atoms with Crippen molar-refractivity contribution >= 4 is 15.9 Å². The lowest BCUT2D eigenvalue weighted by Gasteiger charge is -2.34. The molecule has 94 valence electrons. The van der Waals surface area contributed by atoms with Crippen LogP contribution in [0.15, 0.2) is 22.7 Å². The number of aliphatic hydroxyl groups excluding tert-OH is 1. The molecule has 0 amide bonds. The van der Waals surface area contributed by atoms with Crippen LogP contribution in [-0.2, 0) is 0 Å². The number of benzene rings is 1. The van der Waals surface area contributed by atoms with Gasteiger partial charge in [-0.25, -0.2) is 4.39 Å². The Kier molecular flexibility index (Phi) is 4.50. The predicted molar refractivity (Wildman–Crippen MR) is 68.4 cm³/mol. The van der Waals surface area contributed by atoms with Gasteiger partial charge in [-0.1, -0.05) is 15.9 Å². The molecule has 1 aliphatic heterocycles. The van der Waals surface area contributed by atoms with Crippen LogP contribution in [-0.4, -0.2) is 42.8 Å². The highest BCUT2D eigenvalue weighted by Crippen LogP contribution is 2.26. The summed E-state index contributed by atoms with van der Waals surface area (Å²) in [5, 5.41) is 12.7. The molecule has 1 fully saturated rings. The Morgan fingerprint density at radius 2 is 2.12 bits per heavy atom. The van der Waals surface area contributed by atoms with Crippen LogP contribution in [0.25, 0.3) is 0 Å². The fraction of sp³-hybridized carbons (Fsp3) is 0.500. The largest absolute Gasteiger partial charge is 0.394 e. The summed E-state index contributed by atoms with van der Waals surface area (Å²) in [5.41, 5.74) is 0.559. The van der Waals surface area contributed by atoms with Gasteiger partial charge in [0, 0.05) is 36.2 Å². The Balaban J connectivity index is 2.24. The van der Waals surface area contributed by atoms with Gasteiger partial charge < -0.3 is 10.4 Å². The zero-order valence-corrected chi connectivity index (χ0v) is 11.1. The molecule has 1 aromatic carbocycles. The second-order valence-electron chi connectivity index (χ2n) is 4.15. The Labute approximate surface area is 109 Å². The van der Waals surface area contributed by atoms with E-state index in [1.165, 1.54) is 6.07 Å². The van der Waals surface area contributed by atoms with E-state index in [2.05, 4.69) is 26.1 Å². The second-order valence-corrected chi connectivity index (χ2v) is 5.07. The molecule has 3 nitrogen and oxygen atoms in total. The third-order valence-corrected chi connectivity index (χ3v) is 3.58. The monoisotopic (exact) mass is 302 g/mol. The van der Waals surface area contributed by atoms with Crippen LogP contribution in [0, 0.1) is 5.82 Å². The highest BCUT2D eigenvalue weighted by molar-refractivity contribution is 9.10. The van der Waals surface area contributed by atoms with E-state index in [9.17, 15) is 9.50 Å². The molecule has 1 saturated heterocycles. The molecule has 0 aliphatic carbocycles. The molecule has 17 heavy (non-hydrogen) atoms. The number of halogens is 2. The zero-order chi connectivity index (χ0) is 12.3. The van der Waals surface area contributed by atoms with Crippen LogP contribution in [0.5, 0.6) is 0 Å². The van der Waals surface area contributed by atoms with E-state index in [1.807, 2.05) is 0 Å². The van der Waals surface area contributed by atoms with Crippen LogP contribution in [0.2, 0.25) is 0 Å². The van der Waals surface area contributed by atoms with Gasteiger partial charge in [-0.2, -0.15) is 0 Å². The lowest BCUT2D eigenvalue weighted by atomic mass is 10.0. The average Bonchev–Trinajstić information content (AvgIpc) is 2.36. The van der Waals surface area contributed by atoms with Crippen molar-refractivity contribution in [2.45, 2.75) is 6.04 Å². The van der Waals surface area contributed by atoms with E-state index >= 15 is 0 Å². The SMILES string of the molecule is OC[C@H](c1cc(Br)ccc1F)N1CCNCC1. The fourth-order valence-corrected chi connectivity index (χ4v) is 2.55. The van der Waals surface area contributed by atoms with Gasteiger partial charge in [-0.3, -0.25) is 4.90 Å². The van der Waals surface area contributed by atoms with Crippen molar-refractivity contribution in [3.8, 4) is 0 Å². The minimum atomic E-state index is -0.259. The van der Waals surface area contributed by atoms with E-state index in [0.717, 1.165) is 30.7 Å². The maximum absolute atomic E-state index is 13.8. The van der Waals surface area contributed by atoms with Gasteiger partial charge in [-0.05, 0) is 18.2 Å². The summed E-state index contributed by atoms with van der Waals surface area (Å²) in [6.45, 7) is 3.36. The van der Waals surface area contributed by atoms with Gasteiger partial charge in [0.1, 0.15) is 5.82 Å². The molecule has 0 aromatic heterocycles. The molecular formula is C12H16BrFN2O. The lowest BCUT2D eigenvalue weighted by molar-refractivity contribution is 0.108. The van der Waals surface area contributed by atoms with Gasteiger partial charge in [0.25, 0.3) is 0 Å². The number of rotatable bonds is 3. The van der Waals surface area contributed by atoms with Gasteiger partial charge >= 0.3 is 0 Å². The third-order valence-electron chi connectivity index (χ3n) is 3.08. The molecule has 1 aliphatic rings. The van der Waals surface area contributed by atoms with E-state index in [4.69, 9.17) is 0 Å². The second kappa shape index (κ2) is 5.91. The first-order valence-electron chi connectivity index (χ1n) is 5.73. The number of nitrogens with one attached hydrogen (secondary N) is 1. The number of nitrogens with zero attached hydrogens (tertiary/aromatic N) is 1. The third kappa shape index (κ3) is 3.04. The van der Waals surface area contributed by atoms with Crippen LogP contribution in [0.3, 0.4) is 0 Å². The highest BCUT2D eigenvalue weighted by atomic mass is 79.9. The van der Waals surface area contributed by atoms with Crippen molar-refractivity contribution in [1.82, 2.24) is 10.2 Å². The Morgan fingerprint density at radius 1 is 1.41 bits per heavy atom. The molecule has 0 unspecified atom stereocenters. The Morgan fingerprint density at radius 3 is 2.76 bits per heavy atom. The Hall–Kier alpha value is -0.490. The Bertz CT molecular complexity index is 383. The van der Waals surface area contributed by atoms with Crippen molar-refractivity contribution < 1.29 is 9.50 Å². The summed E-state index contributed by atoms with van der Waals surface area (Å²) in [6.07, 6.45) is 0. The molecule has 0 radical (unpaired) electrons.